The van der Waals surface area contributed by atoms with E-state index in [0.717, 1.165) is 23.2 Å². The molecular weight excluding hydrogens is 260 g/mol. The third-order valence-electron chi connectivity index (χ3n) is 3.61. The van der Waals surface area contributed by atoms with Gasteiger partial charge in [-0.1, -0.05) is 19.9 Å². The lowest BCUT2D eigenvalue weighted by Crippen LogP contribution is -2.31. The molecule has 1 aliphatic heterocycles. The molecule has 0 aromatic heterocycles. The number of hydrogen-bond acceptors (Lipinski definition) is 3. The Morgan fingerprint density at radius 3 is 2.68 bits per heavy atom. The van der Waals surface area contributed by atoms with E-state index in [4.69, 9.17) is 5.73 Å². The molecule has 106 valence electrons. The van der Waals surface area contributed by atoms with Gasteiger partial charge in [0.2, 0.25) is 10.0 Å². The van der Waals surface area contributed by atoms with Crippen LogP contribution in [-0.4, -0.2) is 20.7 Å². The van der Waals surface area contributed by atoms with E-state index in [0.29, 0.717) is 24.6 Å². The summed E-state index contributed by atoms with van der Waals surface area (Å²) in [4.78, 5) is 0. The zero-order valence-electron chi connectivity index (χ0n) is 11.8. The first-order valence-corrected chi connectivity index (χ1v) is 8.31. The number of rotatable bonds is 4. The Balaban J connectivity index is 2.29. The molecule has 0 aliphatic carbocycles. The summed E-state index contributed by atoms with van der Waals surface area (Å²) < 4.78 is 26.3. The van der Waals surface area contributed by atoms with Crippen LogP contribution in [0.15, 0.2) is 12.1 Å². The maximum atomic E-state index is 12.4. The van der Waals surface area contributed by atoms with Crippen LogP contribution in [0.25, 0.3) is 0 Å². The summed E-state index contributed by atoms with van der Waals surface area (Å²) in [5.41, 5.74) is 9.42. The molecule has 0 saturated heterocycles. The van der Waals surface area contributed by atoms with Gasteiger partial charge in [-0.05, 0) is 42.9 Å². The highest BCUT2D eigenvalue weighted by atomic mass is 32.2. The molecule has 0 atom stereocenters. The largest absolute Gasteiger partial charge is 0.398 e. The van der Waals surface area contributed by atoms with E-state index >= 15 is 0 Å². The van der Waals surface area contributed by atoms with Crippen LogP contribution in [0.4, 0.5) is 11.4 Å². The molecule has 0 spiro atoms. The topological polar surface area (TPSA) is 63.4 Å². The molecular formula is C14H22N2O2S. The molecule has 0 fully saturated rings. The molecule has 1 aromatic rings. The number of nitrogens with zero attached hydrogens (tertiary/aromatic N) is 1. The Kier molecular flexibility index (Phi) is 3.76. The molecule has 0 bridgehead atoms. The minimum atomic E-state index is -3.22. The summed E-state index contributed by atoms with van der Waals surface area (Å²) in [6.45, 7) is 6.56. The Morgan fingerprint density at radius 2 is 2.05 bits per heavy atom. The van der Waals surface area contributed by atoms with E-state index < -0.39 is 10.0 Å². The lowest BCUT2D eigenvalue weighted by atomic mass is 10.1. The Labute approximate surface area is 115 Å². The predicted molar refractivity (Wildman–Crippen MR) is 79.9 cm³/mol. The predicted octanol–water partition coefficient (Wildman–Crippen LogP) is 2.32. The SMILES string of the molecule is Cc1cc2c(cc1N)N(S(=O)(=O)CCC(C)C)CC2. The van der Waals surface area contributed by atoms with Gasteiger partial charge in [0.25, 0.3) is 0 Å². The summed E-state index contributed by atoms with van der Waals surface area (Å²) in [5, 5.41) is 0. The number of aryl methyl sites for hydroxylation is 1. The quantitative estimate of drug-likeness (QED) is 0.862. The van der Waals surface area contributed by atoms with E-state index in [-0.39, 0.29) is 5.75 Å². The Hall–Kier alpha value is -1.23. The zero-order chi connectivity index (χ0) is 14.2. The second-order valence-electron chi connectivity index (χ2n) is 5.66. The van der Waals surface area contributed by atoms with Crippen molar-refractivity contribution in [2.24, 2.45) is 5.92 Å². The van der Waals surface area contributed by atoms with Crippen LogP contribution in [-0.2, 0) is 16.4 Å². The van der Waals surface area contributed by atoms with Crippen molar-refractivity contribution >= 4 is 21.4 Å². The van der Waals surface area contributed by atoms with Crippen molar-refractivity contribution < 1.29 is 8.42 Å². The maximum Gasteiger partial charge on any atom is 0.235 e. The molecule has 1 aliphatic rings. The first kappa shape index (κ1) is 14.2. The van der Waals surface area contributed by atoms with Crippen LogP contribution in [0, 0.1) is 12.8 Å². The molecule has 0 amide bonds. The van der Waals surface area contributed by atoms with Crippen molar-refractivity contribution in [1.29, 1.82) is 0 Å². The summed E-state index contributed by atoms with van der Waals surface area (Å²) in [6, 6.07) is 3.80. The number of fused-ring (bicyclic) bond motifs is 1. The van der Waals surface area contributed by atoms with Crippen molar-refractivity contribution in [3.63, 3.8) is 0 Å². The summed E-state index contributed by atoms with van der Waals surface area (Å²) in [6.07, 6.45) is 1.47. The van der Waals surface area contributed by atoms with Crippen LogP contribution in [0.5, 0.6) is 0 Å². The number of benzene rings is 1. The second-order valence-corrected chi connectivity index (χ2v) is 7.67. The minimum Gasteiger partial charge on any atom is -0.398 e. The fourth-order valence-corrected chi connectivity index (χ4v) is 4.16. The molecule has 0 saturated carbocycles. The standard InChI is InChI=1S/C14H22N2O2S/c1-10(2)5-7-19(17,18)16-6-4-12-8-11(3)13(15)9-14(12)16/h8-10H,4-7,15H2,1-3H3. The van der Waals surface area contributed by atoms with Crippen molar-refractivity contribution in [3.8, 4) is 0 Å². The molecule has 2 rings (SSSR count). The van der Waals surface area contributed by atoms with Crippen LogP contribution < -0.4 is 10.0 Å². The summed E-state index contributed by atoms with van der Waals surface area (Å²) >= 11 is 0. The van der Waals surface area contributed by atoms with Gasteiger partial charge >= 0.3 is 0 Å². The Morgan fingerprint density at radius 1 is 1.37 bits per heavy atom. The monoisotopic (exact) mass is 282 g/mol. The van der Waals surface area contributed by atoms with E-state index in [1.807, 2.05) is 26.8 Å². The number of nitrogens with two attached hydrogens (primary N) is 1. The van der Waals surface area contributed by atoms with Gasteiger partial charge < -0.3 is 5.73 Å². The van der Waals surface area contributed by atoms with Crippen molar-refractivity contribution in [2.45, 2.75) is 33.6 Å². The number of anilines is 2. The molecule has 2 N–H and O–H groups in total. The van der Waals surface area contributed by atoms with Crippen molar-refractivity contribution in [2.75, 3.05) is 22.3 Å². The minimum absolute atomic E-state index is 0.206. The van der Waals surface area contributed by atoms with Crippen LogP contribution in [0.2, 0.25) is 0 Å². The van der Waals surface area contributed by atoms with Crippen molar-refractivity contribution in [1.82, 2.24) is 0 Å². The second kappa shape index (κ2) is 5.04. The van der Waals surface area contributed by atoms with Gasteiger partial charge in [-0.3, -0.25) is 4.31 Å². The van der Waals surface area contributed by atoms with Gasteiger partial charge in [-0.15, -0.1) is 0 Å². The molecule has 4 nitrogen and oxygen atoms in total. The number of hydrogen-bond donors (Lipinski definition) is 1. The average Bonchev–Trinajstić information content (AvgIpc) is 2.71. The molecule has 5 heteroatoms. The van der Waals surface area contributed by atoms with Crippen LogP contribution >= 0.6 is 0 Å². The van der Waals surface area contributed by atoms with Gasteiger partial charge in [0.05, 0.1) is 11.4 Å². The zero-order valence-corrected chi connectivity index (χ0v) is 12.6. The highest BCUT2D eigenvalue weighted by Gasteiger charge is 2.29. The first-order valence-electron chi connectivity index (χ1n) is 6.70. The molecule has 0 radical (unpaired) electrons. The van der Waals surface area contributed by atoms with Crippen LogP contribution in [0.1, 0.15) is 31.4 Å². The van der Waals surface area contributed by atoms with Crippen LogP contribution in [0.3, 0.4) is 0 Å². The smallest absolute Gasteiger partial charge is 0.235 e. The van der Waals surface area contributed by atoms with Gasteiger partial charge in [0.1, 0.15) is 0 Å². The summed E-state index contributed by atoms with van der Waals surface area (Å²) in [5.74, 6) is 0.595. The molecule has 19 heavy (non-hydrogen) atoms. The normalized spacial score (nSPS) is 15.1. The first-order chi connectivity index (χ1) is 8.81. The summed E-state index contributed by atoms with van der Waals surface area (Å²) in [7, 11) is -3.22. The third kappa shape index (κ3) is 2.86. The fourth-order valence-electron chi connectivity index (χ4n) is 2.33. The molecule has 1 aromatic carbocycles. The van der Waals surface area contributed by atoms with Gasteiger partial charge in [0.15, 0.2) is 0 Å². The van der Waals surface area contributed by atoms with E-state index in [2.05, 4.69) is 0 Å². The Bertz CT molecular complexity index is 579. The maximum absolute atomic E-state index is 12.4. The van der Waals surface area contributed by atoms with E-state index in [1.165, 1.54) is 4.31 Å². The van der Waals surface area contributed by atoms with E-state index in [9.17, 15) is 8.42 Å². The number of sulfonamides is 1. The van der Waals surface area contributed by atoms with Gasteiger partial charge in [-0.2, -0.15) is 0 Å². The lowest BCUT2D eigenvalue weighted by molar-refractivity contribution is 0.570. The highest BCUT2D eigenvalue weighted by molar-refractivity contribution is 7.92. The fraction of sp³-hybridized carbons (Fsp3) is 0.571. The molecule has 1 heterocycles. The van der Waals surface area contributed by atoms with Gasteiger partial charge in [0, 0.05) is 12.2 Å². The van der Waals surface area contributed by atoms with Gasteiger partial charge in [-0.25, -0.2) is 8.42 Å². The molecule has 0 unspecified atom stereocenters. The number of nitrogen functional groups attached to an aromatic ring is 1. The average molecular weight is 282 g/mol. The highest BCUT2D eigenvalue weighted by Crippen LogP contribution is 2.34. The van der Waals surface area contributed by atoms with Crippen molar-refractivity contribution in [3.05, 3.63) is 23.3 Å². The van der Waals surface area contributed by atoms with E-state index in [1.54, 1.807) is 6.07 Å². The lowest BCUT2D eigenvalue weighted by Gasteiger charge is -2.20. The third-order valence-corrected chi connectivity index (χ3v) is 5.41.